The van der Waals surface area contributed by atoms with Crippen molar-refractivity contribution in [1.82, 2.24) is 11.5 Å². The van der Waals surface area contributed by atoms with Crippen LogP contribution in [0.3, 0.4) is 0 Å². The molecule has 0 spiro atoms. The summed E-state index contributed by atoms with van der Waals surface area (Å²) in [5.41, 5.74) is 0. The highest BCUT2D eigenvalue weighted by molar-refractivity contribution is 3.92. The van der Waals surface area contributed by atoms with Crippen molar-refractivity contribution in [2.75, 3.05) is 14.1 Å². The van der Waals surface area contributed by atoms with Crippen LogP contribution in [0.1, 0.15) is 54.4 Å². The molecule has 2 heteroatoms. The molecule has 0 radical (unpaired) electrons. The molecule has 4 N–H and O–H groups in total. The third kappa shape index (κ3) is 123000. The molecule has 0 heterocycles. The summed E-state index contributed by atoms with van der Waals surface area (Å²) < 4.78 is 0. The highest BCUT2D eigenvalue weighted by atomic mass is 14.7. The van der Waals surface area contributed by atoms with Crippen LogP contribution < -0.4 is 11.5 Å². The first-order valence-electron chi connectivity index (χ1n) is 4.83. The van der Waals surface area contributed by atoms with Crippen LogP contribution in [0.4, 0.5) is 0 Å². The van der Waals surface area contributed by atoms with E-state index in [0.29, 0.717) is 0 Å². The number of rotatable bonds is 0. The Kier molecular flexibility index (Phi) is 312. The molecule has 0 aliphatic heterocycles. The van der Waals surface area contributed by atoms with E-state index >= 15 is 0 Å². The topological polar surface area (TPSA) is 47.0 Å². The van der Waals surface area contributed by atoms with E-state index in [0.717, 1.165) is 0 Å². The molecule has 0 saturated carbocycles. The molecule has 0 aliphatic rings. The van der Waals surface area contributed by atoms with Crippen LogP contribution in [-0.4, -0.2) is 14.1 Å². The van der Waals surface area contributed by atoms with Crippen LogP contribution in [0.25, 0.3) is 0 Å². The highest BCUT2D eigenvalue weighted by Gasteiger charge is 1.36. The summed E-state index contributed by atoms with van der Waals surface area (Å²) in [5, 5.41) is 2.75. The molecule has 0 aromatic rings. The smallest absolute Gasteiger partial charge is 0.0167 e. The molecular weight excluding hydrogens is 148 g/mol. The van der Waals surface area contributed by atoms with Gasteiger partial charge in [-0.05, 0) is 14.1 Å². The zero-order chi connectivity index (χ0) is 10.1. The van der Waals surface area contributed by atoms with Crippen LogP contribution in [0, 0.1) is 0 Å². The molecule has 0 aliphatic carbocycles. The lowest BCUT2D eigenvalue weighted by Crippen LogP contribution is -1.89. The van der Waals surface area contributed by atoms with Crippen molar-refractivity contribution in [1.29, 1.82) is 0 Å². The van der Waals surface area contributed by atoms with Gasteiger partial charge in [0, 0.05) is 0 Å². The molecule has 0 aromatic carbocycles. The van der Waals surface area contributed by atoms with E-state index in [9.17, 15) is 0 Å². The van der Waals surface area contributed by atoms with Gasteiger partial charge >= 0.3 is 0 Å². The standard InChI is InChI=1S/2C3H8.C2H7N.C2H6.H3N/c3*1-3-2;1-2;/h2*3H2,1-2H3;3H,1-2H3;1-2H3;1H3. The molecule has 82 valence electrons. The first kappa shape index (κ1) is 29.7. The summed E-state index contributed by atoms with van der Waals surface area (Å²) >= 11 is 0. The van der Waals surface area contributed by atoms with E-state index in [1.807, 2.05) is 27.9 Å². The van der Waals surface area contributed by atoms with Crippen LogP contribution in [-0.2, 0) is 0 Å². The second kappa shape index (κ2) is 126. The lowest BCUT2D eigenvalue weighted by Gasteiger charge is -1.59. The Hall–Kier alpha value is -0.0800. The Labute approximate surface area is 80.7 Å². The summed E-state index contributed by atoms with van der Waals surface area (Å²) in [6, 6.07) is 0. The summed E-state index contributed by atoms with van der Waals surface area (Å²) in [7, 11) is 3.75. The minimum atomic E-state index is 0. The normalized spacial score (nSPS) is 5.00. The summed E-state index contributed by atoms with van der Waals surface area (Å²) in [4.78, 5) is 0. The van der Waals surface area contributed by atoms with Gasteiger partial charge in [0.1, 0.15) is 0 Å². The van der Waals surface area contributed by atoms with Crippen molar-refractivity contribution in [3.63, 3.8) is 0 Å². The zero-order valence-corrected chi connectivity index (χ0v) is 10.6. The van der Waals surface area contributed by atoms with E-state index in [4.69, 9.17) is 0 Å². The fourth-order valence-electron chi connectivity index (χ4n) is 0. The molecule has 2 nitrogen and oxygen atoms in total. The number of hydrogen-bond acceptors (Lipinski definition) is 2. The summed E-state index contributed by atoms with van der Waals surface area (Å²) in [5.74, 6) is 0. The van der Waals surface area contributed by atoms with Crippen molar-refractivity contribution in [2.45, 2.75) is 54.4 Å². The van der Waals surface area contributed by atoms with Crippen molar-refractivity contribution < 1.29 is 0 Å². The lowest BCUT2D eigenvalue weighted by molar-refractivity contribution is 1.02. The van der Waals surface area contributed by atoms with Gasteiger partial charge in [-0.15, -0.1) is 0 Å². The first-order chi connectivity index (χ1) is 5.24. The van der Waals surface area contributed by atoms with E-state index in [1.165, 1.54) is 12.8 Å². The minimum Gasteiger partial charge on any atom is -0.344 e. The van der Waals surface area contributed by atoms with Crippen LogP contribution in [0.2, 0.25) is 0 Å². The second-order valence-corrected chi connectivity index (χ2v) is 1.91. The molecule has 0 atom stereocenters. The SMILES string of the molecule is CC.CCC.CCC.CNC.N. The molecule has 0 fully saturated rings. The Morgan fingerprint density at radius 2 is 0.750 bits per heavy atom. The van der Waals surface area contributed by atoms with Gasteiger partial charge in [0.25, 0.3) is 0 Å². The zero-order valence-electron chi connectivity index (χ0n) is 10.6. The summed E-state index contributed by atoms with van der Waals surface area (Å²) in [6.07, 6.45) is 2.50. The van der Waals surface area contributed by atoms with Gasteiger partial charge < -0.3 is 11.5 Å². The predicted molar refractivity (Wildman–Crippen MR) is 63.3 cm³/mol. The van der Waals surface area contributed by atoms with Crippen molar-refractivity contribution in [2.24, 2.45) is 0 Å². The number of hydrogen-bond donors (Lipinski definition) is 2. The molecule has 0 amide bonds. The maximum Gasteiger partial charge on any atom is -0.0167 e. The molecule has 0 aromatic heterocycles. The van der Waals surface area contributed by atoms with E-state index in [2.05, 4.69) is 33.0 Å². The molecular formula is C10H32N2. The predicted octanol–water partition coefficient (Wildman–Crippen LogP) is 3.86. The molecule has 12 heavy (non-hydrogen) atoms. The van der Waals surface area contributed by atoms with Crippen molar-refractivity contribution >= 4 is 0 Å². The van der Waals surface area contributed by atoms with Crippen molar-refractivity contribution in [3.05, 3.63) is 0 Å². The van der Waals surface area contributed by atoms with E-state index in [-0.39, 0.29) is 6.15 Å². The third-order valence-corrected chi connectivity index (χ3v) is 0. The van der Waals surface area contributed by atoms with Gasteiger partial charge in [-0.1, -0.05) is 54.4 Å². The minimum absolute atomic E-state index is 0. The van der Waals surface area contributed by atoms with Gasteiger partial charge in [-0.3, -0.25) is 0 Å². The maximum absolute atomic E-state index is 2.75. The van der Waals surface area contributed by atoms with Gasteiger partial charge in [0.15, 0.2) is 0 Å². The average Bonchev–Trinajstić information content (AvgIpc) is 1.96. The Morgan fingerprint density at radius 1 is 0.750 bits per heavy atom. The third-order valence-electron chi connectivity index (χ3n) is 0. The summed E-state index contributed by atoms with van der Waals surface area (Å²) in [6.45, 7) is 12.5. The highest BCUT2D eigenvalue weighted by Crippen LogP contribution is 1.56. The quantitative estimate of drug-likeness (QED) is 0.594. The van der Waals surface area contributed by atoms with Gasteiger partial charge in [0.2, 0.25) is 0 Å². The van der Waals surface area contributed by atoms with Crippen molar-refractivity contribution in [3.8, 4) is 0 Å². The van der Waals surface area contributed by atoms with Gasteiger partial charge in [-0.25, -0.2) is 0 Å². The first-order valence-corrected chi connectivity index (χ1v) is 4.83. The fraction of sp³-hybridized carbons (Fsp3) is 1.00. The van der Waals surface area contributed by atoms with Crippen LogP contribution in [0.15, 0.2) is 0 Å². The van der Waals surface area contributed by atoms with Crippen LogP contribution >= 0.6 is 0 Å². The second-order valence-electron chi connectivity index (χ2n) is 1.91. The number of nitrogens with one attached hydrogen (secondary N) is 1. The molecule has 0 bridgehead atoms. The van der Waals surface area contributed by atoms with Gasteiger partial charge in [-0.2, -0.15) is 0 Å². The molecule has 0 rings (SSSR count). The molecule has 0 saturated heterocycles. The monoisotopic (exact) mass is 180 g/mol. The average molecular weight is 180 g/mol. The largest absolute Gasteiger partial charge is 0.344 e. The molecule has 0 unspecified atom stereocenters. The lowest BCUT2D eigenvalue weighted by atomic mass is 10.6. The Balaban J connectivity index is -0.0000000179. The Bertz CT molecular complexity index is 12.6. The maximum atomic E-state index is 2.75. The van der Waals surface area contributed by atoms with E-state index in [1.54, 1.807) is 0 Å². The Morgan fingerprint density at radius 3 is 0.750 bits per heavy atom. The fourth-order valence-corrected chi connectivity index (χ4v) is 0. The van der Waals surface area contributed by atoms with Gasteiger partial charge in [0.05, 0.1) is 0 Å². The van der Waals surface area contributed by atoms with E-state index < -0.39 is 0 Å². The van der Waals surface area contributed by atoms with Crippen LogP contribution in [0.5, 0.6) is 0 Å².